The quantitative estimate of drug-likeness (QED) is 0.225. The van der Waals surface area contributed by atoms with Crippen molar-refractivity contribution in [2.24, 2.45) is 0 Å². The van der Waals surface area contributed by atoms with E-state index in [2.05, 4.69) is 26.6 Å². The van der Waals surface area contributed by atoms with Gasteiger partial charge in [0, 0.05) is 5.69 Å². The highest BCUT2D eigenvalue weighted by molar-refractivity contribution is 7.80. The summed E-state index contributed by atoms with van der Waals surface area (Å²) in [7, 11) is 0. The van der Waals surface area contributed by atoms with Crippen LogP contribution in [0.3, 0.4) is 0 Å². The number of hydrogen-bond donors (Lipinski definition) is 5. The molecule has 1 heterocycles. The summed E-state index contributed by atoms with van der Waals surface area (Å²) in [6, 6.07) is 7.69. The summed E-state index contributed by atoms with van der Waals surface area (Å²) in [6.45, 7) is 4.86. The number of ketones is 1. The summed E-state index contributed by atoms with van der Waals surface area (Å²) in [5, 5.41) is 13.6. The number of carbonyl (C=O) groups is 4. The van der Waals surface area contributed by atoms with Gasteiger partial charge in [0.05, 0.1) is 25.7 Å². The van der Waals surface area contributed by atoms with Gasteiger partial charge in [-0.05, 0) is 44.6 Å². The van der Waals surface area contributed by atoms with Crippen LogP contribution in [0.2, 0.25) is 0 Å². The zero-order valence-corrected chi connectivity index (χ0v) is 19.1. The first-order chi connectivity index (χ1) is 15.1. The lowest BCUT2D eigenvalue weighted by Gasteiger charge is -2.18. The molecule has 0 radical (unpaired) electrons. The zero-order valence-electron chi connectivity index (χ0n) is 18.3. The van der Waals surface area contributed by atoms with Gasteiger partial charge in [0.1, 0.15) is 11.6 Å². The molecule has 0 bridgehead atoms. The van der Waals surface area contributed by atoms with Crippen LogP contribution in [-0.2, 0) is 23.9 Å². The summed E-state index contributed by atoms with van der Waals surface area (Å²) in [6.07, 6.45) is 0.330. The Hall–Kier alpha value is -3.05. The predicted octanol–water partition coefficient (Wildman–Crippen LogP) is -0.153. The van der Waals surface area contributed by atoms with Gasteiger partial charge in [-0.15, -0.1) is 0 Å². The number of nitrogens with one attached hydrogen (secondary N) is 5. The highest BCUT2D eigenvalue weighted by Gasteiger charge is 2.48. The highest BCUT2D eigenvalue weighted by Crippen LogP contribution is 2.28. The Kier molecular flexibility index (Phi) is 9.09. The largest absolute Gasteiger partial charge is 0.361 e. The minimum Gasteiger partial charge on any atom is -0.361 e. The van der Waals surface area contributed by atoms with Crippen LogP contribution in [0.4, 0.5) is 5.69 Å². The van der Waals surface area contributed by atoms with Gasteiger partial charge in [0.15, 0.2) is 10.9 Å². The van der Waals surface area contributed by atoms with Gasteiger partial charge < -0.3 is 31.3 Å². The molecule has 1 aliphatic heterocycles. The standard InChI is InChI=1S/C21H29N5O5S/c1-4-15(26-17(28)11-23-20(32)25-14-8-6-5-7-9-14)19(30)22-10-16(27)24-13(2)18(29)21(3)12-31-21/h5-9,13,15H,4,10-12H2,1-3H3,(H,22,30)(H,24,27)(H,26,28)(H2,23,25,32). The average molecular weight is 464 g/mol. The van der Waals surface area contributed by atoms with Crippen LogP contribution in [-0.4, -0.2) is 66.0 Å². The molecule has 0 spiro atoms. The van der Waals surface area contributed by atoms with E-state index in [0.29, 0.717) is 13.0 Å². The van der Waals surface area contributed by atoms with Crippen LogP contribution < -0.4 is 26.6 Å². The maximum absolute atomic E-state index is 12.3. The van der Waals surface area contributed by atoms with Crippen LogP contribution in [0.15, 0.2) is 30.3 Å². The number of benzene rings is 1. The number of rotatable bonds is 11. The van der Waals surface area contributed by atoms with Crippen molar-refractivity contribution < 1.29 is 23.9 Å². The Morgan fingerprint density at radius 1 is 1.06 bits per heavy atom. The van der Waals surface area contributed by atoms with Gasteiger partial charge in [0.2, 0.25) is 17.7 Å². The maximum atomic E-state index is 12.3. The lowest BCUT2D eigenvalue weighted by atomic mass is 10.0. The Morgan fingerprint density at radius 2 is 1.66 bits per heavy atom. The molecule has 10 nitrogen and oxygen atoms in total. The molecule has 1 aromatic carbocycles. The molecule has 11 heteroatoms. The van der Waals surface area contributed by atoms with Crippen molar-refractivity contribution in [3.05, 3.63) is 30.3 Å². The van der Waals surface area contributed by atoms with E-state index < -0.39 is 35.4 Å². The Bertz CT molecular complexity index is 859. The first-order valence-corrected chi connectivity index (χ1v) is 10.7. The minimum absolute atomic E-state index is 0.122. The zero-order chi connectivity index (χ0) is 23.7. The van der Waals surface area contributed by atoms with E-state index in [9.17, 15) is 19.2 Å². The van der Waals surface area contributed by atoms with Gasteiger partial charge in [-0.1, -0.05) is 25.1 Å². The number of epoxide rings is 1. The third-order valence-corrected chi connectivity index (χ3v) is 5.04. The van der Waals surface area contributed by atoms with Crippen LogP contribution in [0, 0.1) is 0 Å². The third kappa shape index (κ3) is 7.89. The number of Topliss-reactive ketones (excluding diaryl/α,β-unsaturated/α-hetero) is 1. The highest BCUT2D eigenvalue weighted by atomic mass is 32.1. The summed E-state index contributed by atoms with van der Waals surface area (Å²) in [5.74, 6) is -1.66. The Balaban J connectivity index is 1.69. The van der Waals surface area contributed by atoms with Gasteiger partial charge in [-0.25, -0.2) is 0 Å². The normalized spacial score (nSPS) is 18.5. The second kappa shape index (κ2) is 11.5. The van der Waals surface area contributed by atoms with E-state index in [0.717, 1.165) is 5.69 Å². The monoisotopic (exact) mass is 463 g/mol. The van der Waals surface area contributed by atoms with Crippen LogP contribution >= 0.6 is 12.2 Å². The van der Waals surface area contributed by atoms with Crippen molar-refractivity contribution >= 4 is 46.5 Å². The fourth-order valence-corrected chi connectivity index (χ4v) is 3.00. The summed E-state index contributed by atoms with van der Waals surface area (Å²) in [4.78, 5) is 48.6. The van der Waals surface area contributed by atoms with Crippen molar-refractivity contribution in [3.8, 4) is 0 Å². The van der Waals surface area contributed by atoms with Crippen molar-refractivity contribution in [1.29, 1.82) is 0 Å². The van der Waals surface area contributed by atoms with E-state index in [4.69, 9.17) is 17.0 Å². The molecule has 3 amide bonds. The molecule has 0 aliphatic carbocycles. The van der Waals surface area contributed by atoms with Crippen LogP contribution in [0.25, 0.3) is 0 Å². The fraction of sp³-hybridized carbons (Fsp3) is 0.476. The molecular weight excluding hydrogens is 434 g/mol. The summed E-state index contributed by atoms with van der Waals surface area (Å²) < 4.78 is 5.08. The number of ether oxygens (including phenoxy) is 1. The van der Waals surface area contributed by atoms with E-state index in [1.54, 1.807) is 20.8 Å². The van der Waals surface area contributed by atoms with Gasteiger partial charge in [-0.3, -0.25) is 19.2 Å². The number of anilines is 1. The first kappa shape index (κ1) is 25.2. The SMILES string of the molecule is CCC(NC(=O)CNC(=S)Nc1ccccc1)C(=O)NCC(=O)NC(C)C(=O)C1(C)CO1. The van der Waals surface area contributed by atoms with Gasteiger partial charge in [0.25, 0.3) is 0 Å². The lowest BCUT2D eigenvalue weighted by Crippen LogP contribution is -2.52. The summed E-state index contributed by atoms with van der Waals surface area (Å²) >= 11 is 5.14. The number of carbonyl (C=O) groups excluding carboxylic acids is 4. The molecule has 1 saturated heterocycles. The van der Waals surface area contributed by atoms with E-state index >= 15 is 0 Å². The van der Waals surface area contributed by atoms with Gasteiger partial charge >= 0.3 is 0 Å². The molecule has 1 fully saturated rings. The van der Waals surface area contributed by atoms with Crippen molar-refractivity contribution in [2.75, 3.05) is 25.0 Å². The minimum atomic E-state index is -0.833. The molecule has 1 aromatic rings. The predicted molar refractivity (Wildman–Crippen MR) is 123 cm³/mol. The lowest BCUT2D eigenvalue weighted by molar-refractivity contribution is -0.131. The van der Waals surface area contributed by atoms with Gasteiger partial charge in [-0.2, -0.15) is 0 Å². The van der Waals surface area contributed by atoms with Crippen molar-refractivity contribution in [1.82, 2.24) is 21.3 Å². The average Bonchev–Trinajstić information content (AvgIpc) is 3.52. The fourth-order valence-electron chi connectivity index (χ4n) is 2.81. The molecule has 32 heavy (non-hydrogen) atoms. The van der Waals surface area contributed by atoms with E-state index in [1.165, 1.54) is 0 Å². The molecule has 5 N–H and O–H groups in total. The third-order valence-electron chi connectivity index (χ3n) is 4.79. The van der Waals surface area contributed by atoms with Crippen molar-refractivity contribution in [2.45, 2.75) is 44.9 Å². The van der Waals surface area contributed by atoms with Crippen LogP contribution in [0.5, 0.6) is 0 Å². The second-order valence-electron chi connectivity index (χ2n) is 7.59. The molecule has 0 saturated carbocycles. The molecule has 1 aliphatic rings. The second-order valence-corrected chi connectivity index (χ2v) is 8.00. The molecule has 3 unspecified atom stereocenters. The Labute approximate surface area is 192 Å². The molecule has 3 atom stereocenters. The topological polar surface area (TPSA) is 141 Å². The smallest absolute Gasteiger partial charge is 0.243 e. The maximum Gasteiger partial charge on any atom is 0.243 e. The van der Waals surface area contributed by atoms with Crippen LogP contribution in [0.1, 0.15) is 27.2 Å². The number of para-hydroxylation sites is 1. The molecule has 2 rings (SSSR count). The molecular formula is C21H29N5O5S. The first-order valence-electron chi connectivity index (χ1n) is 10.3. The van der Waals surface area contributed by atoms with Crippen molar-refractivity contribution in [3.63, 3.8) is 0 Å². The molecule has 174 valence electrons. The van der Waals surface area contributed by atoms with E-state index in [1.807, 2.05) is 30.3 Å². The Morgan fingerprint density at radius 3 is 2.25 bits per heavy atom. The number of thiocarbonyl (C=S) groups is 1. The number of amides is 3. The molecule has 0 aromatic heterocycles. The number of hydrogen-bond acceptors (Lipinski definition) is 6. The summed E-state index contributed by atoms with van der Waals surface area (Å²) in [5.41, 5.74) is -0.0511. The van der Waals surface area contributed by atoms with E-state index in [-0.39, 0.29) is 24.0 Å².